The monoisotopic (exact) mass is 191 g/mol. The fraction of sp³-hybridized carbons (Fsp3) is 0.364. The lowest BCUT2D eigenvalue weighted by atomic mass is 9.91. The molecule has 0 amide bonds. The van der Waals surface area contributed by atoms with Crippen molar-refractivity contribution in [3.63, 3.8) is 0 Å². The van der Waals surface area contributed by atoms with Crippen LogP contribution in [0.25, 0.3) is 0 Å². The Morgan fingerprint density at radius 1 is 1.50 bits per heavy atom. The number of fused-ring (bicyclic) bond motifs is 1. The number of hydrogen-bond donors (Lipinski definition) is 1. The lowest BCUT2D eigenvalue weighted by Crippen LogP contribution is -2.23. The first-order valence-electron chi connectivity index (χ1n) is 4.73. The van der Waals surface area contributed by atoms with E-state index in [4.69, 9.17) is 4.74 Å². The third-order valence-electron chi connectivity index (χ3n) is 2.57. The van der Waals surface area contributed by atoms with Gasteiger partial charge in [0.2, 0.25) is 0 Å². The lowest BCUT2D eigenvalue weighted by Gasteiger charge is -2.24. The number of anilines is 1. The molecule has 0 aromatic heterocycles. The highest BCUT2D eigenvalue weighted by Crippen LogP contribution is 2.31. The SMILES string of the molecule is COC(=O)[C@@H]1CCNc2ccccc21. The van der Waals surface area contributed by atoms with E-state index in [1.165, 1.54) is 7.11 Å². The standard InChI is InChI=1S/C11H13NO2/c1-14-11(13)9-6-7-12-10-5-3-2-4-8(9)10/h2-5,9,12H,6-7H2,1H3/t9-/m1/s1. The zero-order valence-electron chi connectivity index (χ0n) is 8.12. The van der Waals surface area contributed by atoms with E-state index in [-0.39, 0.29) is 11.9 Å². The van der Waals surface area contributed by atoms with Crippen LogP contribution in [-0.4, -0.2) is 19.6 Å². The summed E-state index contributed by atoms with van der Waals surface area (Å²) in [6.45, 7) is 0.830. The lowest BCUT2D eigenvalue weighted by molar-refractivity contribution is -0.142. The van der Waals surface area contributed by atoms with Crippen molar-refractivity contribution < 1.29 is 9.53 Å². The van der Waals surface area contributed by atoms with Crippen molar-refractivity contribution in [2.45, 2.75) is 12.3 Å². The molecule has 0 saturated heterocycles. The molecular formula is C11H13NO2. The molecule has 3 nitrogen and oxygen atoms in total. The van der Waals surface area contributed by atoms with Gasteiger partial charge in [-0.1, -0.05) is 18.2 Å². The third kappa shape index (κ3) is 1.45. The van der Waals surface area contributed by atoms with Gasteiger partial charge in [-0.25, -0.2) is 0 Å². The fourth-order valence-corrected chi connectivity index (χ4v) is 1.86. The molecule has 1 atom stereocenters. The minimum Gasteiger partial charge on any atom is -0.469 e. The van der Waals surface area contributed by atoms with Gasteiger partial charge in [-0.3, -0.25) is 4.79 Å². The van der Waals surface area contributed by atoms with Crippen LogP contribution in [-0.2, 0) is 9.53 Å². The maximum absolute atomic E-state index is 11.5. The summed E-state index contributed by atoms with van der Waals surface area (Å²) < 4.78 is 4.78. The maximum Gasteiger partial charge on any atom is 0.313 e. The predicted octanol–water partition coefficient (Wildman–Crippen LogP) is 1.76. The number of ether oxygens (including phenoxy) is 1. The number of rotatable bonds is 1. The molecular weight excluding hydrogens is 178 g/mol. The zero-order chi connectivity index (χ0) is 9.97. The summed E-state index contributed by atoms with van der Waals surface area (Å²) in [5.41, 5.74) is 2.10. The molecule has 1 aromatic rings. The van der Waals surface area contributed by atoms with E-state index in [9.17, 15) is 4.79 Å². The van der Waals surface area contributed by atoms with E-state index in [2.05, 4.69) is 5.32 Å². The average molecular weight is 191 g/mol. The van der Waals surface area contributed by atoms with Crippen molar-refractivity contribution in [2.24, 2.45) is 0 Å². The first-order valence-corrected chi connectivity index (χ1v) is 4.73. The molecule has 1 N–H and O–H groups in total. The second kappa shape index (κ2) is 3.70. The predicted molar refractivity (Wildman–Crippen MR) is 54.3 cm³/mol. The van der Waals surface area contributed by atoms with Crippen molar-refractivity contribution in [2.75, 3.05) is 19.0 Å². The van der Waals surface area contributed by atoms with Crippen molar-refractivity contribution >= 4 is 11.7 Å². The first-order chi connectivity index (χ1) is 6.83. The molecule has 0 aliphatic carbocycles. The Labute approximate surface area is 83.1 Å². The maximum atomic E-state index is 11.5. The van der Waals surface area contributed by atoms with Gasteiger partial charge in [0, 0.05) is 12.2 Å². The Kier molecular flexibility index (Phi) is 2.39. The quantitative estimate of drug-likeness (QED) is 0.687. The summed E-state index contributed by atoms with van der Waals surface area (Å²) in [7, 11) is 1.44. The Hall–Kier alpha value is -1.51. The Balaban J connectivity index is 2.35. The van der Waals surface area contributed by atoms with Crippen molar-refractivity contribution in [3.8, 4) is 0 Å². The van der Waals surface area contributed by atoms with Crippen LogP contribution >= 0.6 is 0 Å². The first kappa shape index (κ1) is 9.06. The number of nitrogens with one attached hydrogen (secondary N) is 1. The van der Waals surface area contributed by atoms with Gasteiger partial charge < -0.3 is 10.1 Å². The van der Waals surface area contributed by atoms with Gasteiger partial charge in [-0.05, 0) is 18.1 Å². The van der Waals surface area contributed by atoms with Crippen LogP contribution in [0.2, 0.25) is 0 Å². The van der Waals surface area contributed by atoms with Crippen molar-refractivity contribution in [3.05, 3.63) is 29.8 Å². The van der Waals surface area contributed by atoms with Gasteiger partial charge in [0.15, 0.2) is 0 Å². The highest BCUT2D eigenvalue weighted by molar-refractivity contribution is 5.81. The number of carbonyl (C=O) groups excluding carboxylic acids is 1. The van der Waals surface area contributed by atoms with Crippen LogP contribution in [0.1, 0.15) is 17.9 Å². The van der Waals surface area contributed by atoms with E-state index >= 15 is 0 Å². The van der Waals surface area contributed by atoms with E-state index in [0.717, 1.165) is 24.2 Å². The molecule has 0 unspecified atom stereocenters. The van der Waals surface area contributed by atoms with E-state index in [1.54, 1.807) is 0 Å². The van der Waals surface area contributed by atoms with E-state index < -0.39 is 0 Å². The minimum absolute atomic E-state index is 0.0996. The van der Waals surface area contributed by atoms with Gasteiger partial charge in [0.25, 0.3) is 0 Å². The van der Waals surface area contributed by atoms with Gasteiger partial charge in [-0.2, -0.15) is 0 Å². The molecule has 0 bridgehead atoms. The molecule has 1 heterocycles. The van der Waals surface area contributed by atoms with Gasteiger partial charge >= 0.3 is 5.97 Å². The van der Waals surface area contributed by atoms with E-state index in [0.29, 0.717) is 0 Å². The number of para-hydroxylation sites is 1. The van der Waals surface area contributed by atoms with Gasteiger partial charge in [0.05, 0.1) is 13.0 Å². The second-order valence-corrected chi connectivity index (χ2v) is 3.38. The normalized spacial score (nSPS) is 19.4. The summed E-state index contributed by atoms with van der Waals surface area (Å²) in [5, 5.41) is 3.26. The molecule has 74 valence electrons. The molecule has 2 rings (SSSR count). The average Bonchev–Trinajstić information content (AvgIpc) is 2.27. The number of benzene rings is 1. The molecule has 0 spiro atoms. The summed E-state index contributed by atoms with van der Waals surface area (Å²) in [6, 6.07) is 7.88. The summed E-state index contributed by atoms with van der Waals surface area (Å²) in [5.74, 6) is -0.239. The molecule has 0 fully saturated rings. The zero-order valence-corrected chi connectivity index (χ0v) is 8.12. The largest absolute Gasteiger partial charge is 0.469 e. The van der Waals surface area contributed by atoms with Crippen LogP contribution in [0.3, 0.4) is 0 Å². The smallest absolute Gasteiger partial charge is 0.313 e. The number of hydrogen-bond acceptors (Lipinski definition) is 3. The summed E-state index contributed by atoms with van der Waals surface area (Å²) >= 11 is 0. The summed E-state index contributed by atoms with van der Waals surface area (Å²) in [6.07, 6.45) is 0.809. The Morgan fingerprint density at radius 2 is 2.29 bits per heavy atom. The fourth-order valence-electron chi connectivity index (χ4n) is 1.86. The highest BCUT2D eigenvalue weighted by atomic mass is 16.5. The molecule has 14 heavy (non-hydrogen) atoms. The van der Waals surface area contributed by atoms with Crippen molar-refractivity contribution in [1.29, 1.82) is 0 Å². The molecule has 1 aliphatic rings. The van der Waals surface area contributed by atoms with Gasteiger partial charge in [-0.15, -0.1) is 0 Å². The Bertz CT molecular complexity index is 349. The van der Waals surface area contributed by atoms with Crippen LogP contribution in [0.5, 0.6) is 0 Å². The second-order valence-electron chi connectivity index (χ2n) is 3.38. The molecule has 0 radical (unpaired) electrons. The number of methoxy groups -OCH3 is 1. The van der Waals surface area contributed by atoms with Crippen LogP contribution < -0.4 is 5.32 Å². The highest BCUT2D eigenvalue weighted by Gasteiger charge is 2.26. The van der Waals surface area contributed by atoms with E-state index in [1.807, 2.05) is 24.3 Å². The number of carbonyl (C=O) groups is 1. The summed E-state index contributed by atoms with van der Waals surface area (Å²) in [4.78, 5) is 11.5. The molecule has 3 heteroatoms. The minimum atomic E-state index is -0.140. The topological polar surface area (TPSA) is 38.3 Å². The van der Waals surface area contributed by atoms with Crippen LogP contribution in [0.15, 0.2) is 24.3 Å². The van der Waals surface area contributed by atoms with Crippen molar-refractivity contribution in [1.82, 2.24) is 0 Å². The number of esters is 1. The third-order valence-corrected chi connectivity index (χ3v) is 2.57. The molecule has 0 saturated carbocycles. The van der Waals surface area contributed by atoms with Gasteiger partial charge in [0.1, 0.15) is 0 Å². The molecule has 1 aliphatic heterocycles. The van der Waals surface area contributed by atoms with Crippen LogP contribution in [0.4, 0.5) is 5.69 Å². The van der Waals surface area contributed by atoms with Crippen LogP contribution in [0, 0.1) is 0 Å². The molecule has 1 aromatic carbocycles. The Morgan fingerprint density at radius 3 is 3.07 bits per heavy atom.